The molecule has 0 saturated carbocycles. The molecule has 2 aliphatic rings. The van der Waals surface area contributed by atoms with Gasteiger partial charge in [-0.2, -0.15) is 11.8 Å². The Morgan fingerprint density at radius 1 is 1.48 bits per heavy atom. The van der Waals surface area contributed by atoms with Gasteiger partial charge in [-0.3, -0.25) is 14.5 Å². The SMILES string of the molecule is COC(=O)[C@H](CCSC)N1C(=O)[C@H]2CC(Cl)=CC[C@H]2C1=O. The van der Waals surface area contributed by atoms with Crippen LogP contribution in [0.15, 0.2) is 11.1 Å². The Hall–Kier alpha value is -1.01. The van der Waals surface area contributed by atoms with E-state index in [9.17, 15) is 14.4 Å². The van der Waals surface area contributed by atoms with Crippen LogP contribution in [-0.4, -0.2) is 47.8 Å². The summed E-state index contributed by atoms with van der Waals surface area (Å²) in [5, 5.41) is 0.609. The van der Waals surface area contributed by atoms with Crippen molar-refractivity contribution in [3.05, 3.63) is 11.1 Å². The van der Waals surface area contributed by atoms with Gasteiger partial charge >= 0.3 is 5.97 Å². The van der Waals surface area contributed by atoms with E-state index in [-0.39, 0.29) is 17.7 Å². The van der Waals surface area contributed by atoms with Gasteiger partial charge in [-0.05, 0) is 31.3 Å². The van der Waals surface area contributed by atoms with Crippen LogP contribution >= 0.6 is 23.4 Å². The second-order valence-corrected chi connectivity index (χ2v) is 6.64. The molecule has 1 aliphatic carbocycles. The van der Waals surface area contributed by atoms with E-state index < -0.39 is 17.9 Å². The van der Waals surface area contributed by atoms with E-state index in [0.29, 0.717) is 30.0 Å². The molecular formula is C14H18ClNO4S. The van der Waals surface area contributed by atoms with E-state index in [1.165, 1.54) is 7.11 Å². The molecule has 0 bridgehead atoms. The summed E-state index contributed by atoms with van der Waals surface area (Å²) in [4.78, 5) is 38.1. The number of hydrogen-bond acceptors (Lipinski definition) is 5. The smallest absolute Gasteiger partial charge is 0.329 e. The lowest BCUT2D eigenvalue weighted by Crippen LogP contribution is -2.46. The molecule has 0 unspecified atom stereocenters. The first-order valence-electron chi connectivity index (χ1n) is 6.79. The highest BCUT2D eigenvalue weighted by molar-refractivity contribution is 7.98. The predicted molar refractivity (Wildman–Crippen MR) is 80.8 cm³/mol. The topological polar surface area (TPSA) is 63.7 Å². The van der Waals surface area contributed by atoms with Gasteiger partial charge in [-0.15, -0.1) is 0 Å². The summed E-state index contributed by atoms with van der Waals surface area (Å²) in [5.74, 6) is -1.26. The van der Waals surface area contributed by atoms with E-state index in [0.717, 1.165) is 4.90 Å². The number of ether oxygens (including phenoxy) is 1. The number of likely N-dealkylation sites (tertiary alicyclic amines) is 1. The Labute approximate surface area is 133 Å². The predicted octanol–water partition coefficient (Wildman–Crippen LogP) is 1.80. The zero-order valence-corrected chi connectivity index (χ0v) is 13.6. The fraction of sp³-hybridized carbons (Fsp3) is 0.643. The number of rotatable bonds is 5. The molecule has 116 valence electrons. The lowest BCUT2D eigenvalue weighted by atomic mass is 9.85. The van der Waals surface area contributed by atoms with Gasteiger partial charge in [-0.1, -0.05) is 17.7 Å². The van der Waals surface area contributed by atoms with Gasteiger partial charge in [-0.25, -0.2) is 4.79 Å². The number of hydrogen-bond donors (Lipinski definition) is 0. The van der Waals surface area contributed by atoms with Crippen LogP contribution in [0.1, 0.15) is 19.3 Å². The van der Waals surface area contributed by atoms with Crippen molar-refractivity contribution in [1.82, 2.24) is 4.90 Å². The van der Waals surface area contributed by atoms with E-state index in [2.05, 4.69) is 0 Å². The molecule has 0 aromatic carbocycles. The third kappa shape index (κ3) is 3.11. The van der Waals surface area contributed by atoms with Crippen LogP contribution in [0.2, 0.25) is 0 Å². The number of carbonyl (C=O) groups excluding carboxylic acids is 3. The molecule has 1 saturated heterocycles. The van der Waals surface area contributed by atoms with Gasteiger partial charge in [0.15, 0.2) is 0 Å². The van der Waals surface area contributed by atoms with Gasteiger partial charge in [0.05, 0.1) is 18.9 Å². The number of amides is 2. The summed E-state index contributed by atoms with van der Waals surface area (Å²) >= 11 is 7.54. The van der Waals surface area contributed by atoms with Crippen LogP contribution in [-0.2, 0) is 19.1 Å². The van der Waals surface area contributed by atoms with Crippen molar-refractivity contribution in [2.24, 2.45) is 11.8 Å². The molecule has 0 N–H and O–H groups in total. The van der Waals surface area contributed by atoms with Crippen molar-refractivity contribution in [3.63, 3.8) is 0 Å². The van der Waals surface area contributed by atoms with Gasteiger partial charge in [0.2, 0.25) is 11.8 Å². The number of thioether (sulfide) groups is 1. The number of carbonyl (C=O) groups is 3. The largest absolute Gasteiger partial charge is 0.467 e. The molecular weight excluding hydrogens is 314 g/mol. The van der Waals surface area contributed by atoms with E-state index in [1.54, 1.807) is 17.8 Å². The molecule has 1 fully saturated rings. The Kier molecular flexibility index (Phi) is 5.32. The molecule has 3 atom stereocenters. The monoisotopic (exact) mass is 331 g/mol. The summed E-state index contributed by atoms with van der Waals surface area (Å²) in [6.45, 7) is 0. The molecule has 1 aliphatic heterocycles. The second-order valence-electron chi connectivity index (χ2n) is 5.17. The Balaban J connectivity index is 2.23. The van der Waals surface area contributed by atoms with Gasteiger partial charge in [0, 0.05) is 5.03 Å². The maximum absolute atomic E-state index is 12.5. The molecule has 2 amide bonds. The molecule has 0 spiro atoms. The van der Waals surface area contributed by atoms with Crippen LogP contribution in [0.25, 0.3) is 0 Å². The van der Waals surface area contributed by atoms with Crippen LogP contribution < -0.4 is 0 Å². The third-order valence-electron chi connectivity index (χ3n) is 3.98. The van der Waals surface area contributed by atoms with Crippen molar-refractivity contribution < 1.29 is 19.1 Å². The first-order chi connectivity index (χ1) is 10.0. The number of allylic oxidation sites excluding steroid dienone is 2. The number of esters is 1. The van der Waals surface area contributed by atoms with Gasteiger partial charge in [0.25, 0.3) is 0 Å². The summed E-state index contributed by atoms with van der Waals surface area (Å²) in [5.41, 5.74) is 0. The highest BCUT2D eigenvalue weighted by Gasteiger charge is 2.52. The number of halogens is 1. The summed E-state index contributed by atoms with van der Waals surface area (Å²) < 4.78 is 4.76. The Morgan fingerprint density at radius 3 is 2.76 bits per heavy atom. The Morgan fingerprint density at radius 2 is 2.14 bits per heavy atom. The van der Waals surface area contributed by atoms with Crippen LogP contribution in [0.4, 0.5) is 0 Å². The fourth-order valence-electron chi connectivity index (χ4n) is 2.88. The summed E-state index contributed by atoms with van der Waals surface area (Å²) in [6, 6.07) is -0.827. The van der Waals surface area contributed by atoms with Gasteiger partial charge in [0.1, 0.15) is 6.04 Å². The molecule has 7 heteroatoms. The zero-order chi connectivity index (χ0) is 15.6. The number of methoxy groups -OCH3 is 1. The molecule has 21 heavy (non-hydrogen) atoms. The maximum atomic E-state index is 12.5. The Bertz CT molecular complexity index is 493. The number of nitrogens with zero attached hydrogens (tertiary/aromatic N) is 1. The van der Waals surface area contributed by atoms with E-state index in [4.69, 9.17) is 16.3 Å². The van der Waals surface area contributed by atoms with Gasteiger partial charge < -0.3 is 4.74 Å². The van der Waals surface area contributed by atoms with E-state index >= 15 is 0 Å². The first kappa shape index (κ1) is 16.4. The highest BCUT2D eigenvalue weighted by Crippen LogP contribution is 2.40. The van der Waals surface area contributed by atoms with Crippen LogP contribution in [0.3, 0.4) is 0 Å². The molecule has 0 aromatic rings. The molecule has 0 aromatic heterocycles. The lowest BCUT2D eigenvalue weighted by Gasteiger charge is -2.24. The zero-order valence-electron chi connectivity index (χ0n) is 12.0. The summed E-state index contributed by atoms with van der Waals surface area (Å²) in [7, 11) is 1.27. The summed E-state index contributed by atoms with van der Waals surface area (Å²) in [6.07, 6.45) is 4.94. The van der Waals surface area contributed by atoms with Crippen molar-refractivity contribution in [1.29, 1.82) is 0 Å². The number of fused-ring (bicyclic) bond motifs is 1. The normalized spacial score (nSPS) is 26.4. The van der Waals surface area contributed by atoms with Crippen molar-refractivity contribution >= 4 is 41.1 Å². The fourth-order valence-corrected chi connectivity index (χ4v) is 3.59. The van der Waals surface area contributed by atoms with Crippen molar-refractivity contribution in [2.45, 2.75) is 25.3 Å². The minimum atomic E-state index is -0.827. The second kappa shape index (κ2) is 6.83. The highest BCUT2D eigenvalue weighted by atomic mass is 35.5. The molecule has 1 heterocycles. The third-order valence-corrected chi connectivity index (χ3v) is 4.94. The first-order valence-corrected chi connectivity index (χ1v) is 8.56. The maximum Gasteiger partial charge on any atom is 0.329 e. The van der Waals surface area contributed by atoms with Crippen LogP contribution in [0.5, 0.6) is 0 Å². The minimum Gasteiger partial charge on any atom is -0.467 e. The standard InChI is InChI=1S/C14H18ClNO4S/c1-20-14(19)11(5-6-21-2)16-12(17)9-4-3-8(15)7-10(9)13(16)18/h3,9-11H,4-7H2,1-2H3/t9-,10+,11+/m1/s1. The molecule has 5 nitrogen and oxygen atoms in total. The van der Waals surface area contributed by atoms with Crippen LogP contribution in [0, 0.1) is 11.8 Å². The molecule has 2 rings (SSSR count). The van der Waals surface area contributed by atoms with E-state index in [1.807, 2.05) is 6.26 Å². The van der Waals surface area contributed by atoms with Crippen molar-refractivity contribution in [3.8, 4) is 0 Å². The lowest BCUT2D eigenvalue weighted by molar-refractivity contribution is -0.157. The minimum absolute atomic E-state index is 0.276. The number of imide groups is 1. The quantitative estimate of drug-likeness (QED) is 0.568. The average Bonchev–Trinajstić information content (AvgIpc) is 2.71. The van der Waals surface area contributed by atoms with Crippen molar-refractivity contribution in [2.75, 3.05) is 19.1 Å². The molecule has 0 radical (unpaired) electrons. The average molecular weight is 332 g/mol.